The third kappa shape index (κ3) is 9.94. The number of carboxylic acid groups (broad SMARTS) is 1. The number of carbonyl (C=O) groups is 3. The summed E-state index contributed by atoms with van der Waals surface area (Å²) in [7, 11) is -3.58. The fraction of sp³-hybridized carbons (Fsp3) is 0.344. The highest BCUT2D eigenvalue weighted by atomic mass is 32.2. The highest BCUT2D eigenvalue weighted by Gasteiger charge is 2.26. The molecule has 1 aliphatic heterocycles. The number of benzene rings is 3. The molecule has 1 fully saturated rings. The second kappa shape index (κ2) is 15.3. The zero-order valence-electron chi connectivity index (χ0n) is 25.9. The fourth-order valence-electron chi connectivity index (χ4n) is 5.29. The first-order valence-corrected chi connectivity index (χ1v) is 16.8. The predicted octanol–water partition coefficient (Wildman–Crippen LogP) is 4.29. The van der Waals surface area contributed by atoms with Crippen LogP contribution in [-0.4, -0.2) is 67.6 Å². The van der Waals surface area contributed by atoms with Gasteiger partial charge in [0.05, 0.1) is 23.5 Å². The van der Waals surface area contributed by atoms with Crippen LogP contribution in [0.1, 0.15) is 58.9 Å². The smallest absolute Gasteiger partial charge is 0.339 e. The van der Waals surface area contributed by atoms with E-state index in [9.17, 15) is 36.7 Å². The average Bonchev–Trinajstić information content (AvgIpc) is 3.00. The Bertz CT molecular complexity index is 1730. The molecular weight excluding hydrogens is 636 g/mol. The summed E-state index contributed by atoms with van der Waals surface area (Å²) in [6.07, 6.45) is 3.66. The van der Waals surface area contributed by atoms with Crippen LogP contribution in [0.4, 0.5) is 20.2 Å². The lowest BCUT2D eigenvalue weighted by Gasteiger charge is -2.34. The maximum absolute atomic E-state index is 14.3. The van der Waals surface area contributed by atoms with E-state index < -0.39 is 51.0 Å². The SMILES string of the molecule is CCCC(NC1CCN(Cc2ccc(Oc3ccc(NS(C)(=O)=O)cc3C(=O)O)cc2)CC1)C(=O)Nc1cc(C(N)=O)c(F)cc1F. The Hall–Kier alpha value is -4.60. The number of anilines is 2. The van der Waals surface area contributed by atoms with Crippen molar-refractivity contribution in [2.75, 3.05) is 29.4 Å². The Balaban J connectivity index is 1.30. The summed E-state index contributed by atoms with van der Waals surface area (Å²) in [6.45, 7) is 4.08. The first-order valence-electron chi connectivity index (χ1n) is 14.9. The average molecular weight is 674 g/mol. The molecule has 0 aromatic heterocycles. The lowest BCUT2D eigenvalue weighted by Crippen LogP contribution is -2.50. The molecule has 2 amide bonds. The van der Waals surface area contributed by atoms with Gasteiger partial charge in [-0.1, -0.05) is 25.5 Å². The van der Waals surface area contributed by atoms with Gasteiger partial charge in [-0.15, -0.1) is 0 Å². The molecule has 0 bridgehead atoms. The van der Waals surface area contributed by atoms with Crippen molar-refractivity contribution in [3.05, 3.63) is 82.9 Å². The Labute approximate surface area is 271 Å². The summed E-state index contributed by atoms with van der Waals surface area (Å²) in [5, 5.41) is 15.4. The summed E-state index contributed by atoms with van der Waals surface area (Å²) in [4.78, 5) is 38.5. The van der Waals surface area contributed by atoms with Gasteiger partial charge in [-0.3, -0.25) is 19.2 Å². The van der Waals surface area contributed by atoms with Crippen LogP contribution in [0.15, 0.2) is 54.6 Å². The van der Waals surface area contributed by atoms with Gasteiger partial charge in [-0.2, -0.15) is 0 Å². The quantitative estimate of drug-likeness (QED) is 0.167. The summed E-state index contributed by atoms with van der Waals surface area (Å²) in [6, 6.07) is 12.0. The number of ether oxygens (including phenoxy) is 1. The highest BCUT2D eigenvalue weighted by molar-refractivity contribution is 7.92. The Morgan fingerprint density at radius 3 is 2.30 bits per heavy atom. The summed E-state index contributed by atoms with van der Waals surface area (Å²) >= 11 is 0. The van der Waals surface area contributed by atoms with Crippen LogP contribution in [0.2, 0.25) is 0 Å². The topological polar surface area (TPSA) is 180 Å². The molecule has 15 heteroatoms. The predicted molar refractivity (Wildman–Crippen MR) is 172 cm³/mol. The van der Waals surface area contributed by atoms with E-state index in [1.54, 1.807) is 12.1 Å². The number of carboxylic acids is 1. The van der Waals surface area contributed by atoms with Crippen LogP contribution in [-0.2, 0) is 21.4 Å². The van der Waals surface area contributed by atoms with Gasteiger partial charge < -0.3 is 26.2 Å². The van der Waals surface area contributed by atoms with Gasteiger partial charge in [0.15, 0.2) is 0 Å². The third-order valence-corrected chi connectivity index (χ3v) is 8.18. The molecule has 12 nitrogen and oxygen atoms in total. The second-order valence-electron chi connectivity index (χ2n) is 11.4. The fourth-order valence-corrected chi connectivity index (χ4v) is 5.84. The van der Waals surface area contributed by atoms with Crippen molar-refractivity contribution in [1.29, 1.82) is 0 Å². The molecule has 1 heterocycles. The Kier molecular flexibility index (Phi) is 11.5. The normalized spacial score (nSPS) is 14.7. The van der Waals surface area contributed by atoms with Gasteiger partial charge >= 0.3 is 5.97 Å². The van der Waals surface area contributed by atoms with Crippen molar-refractivity contribution in [3.8, 4) is 11.5 Å². The van der Waals surface area contributed by atoms with E-state index >= 15 is 0 Å². The Morgan fingerprint density at radius 2 is 1.70 bits per heavy atom. The number of likely N-dealkylation sites (tertiary alicyclic amines) is 1. The number of rotatable bonds is 14. The van der Waals surface area contributed by atoms with Crippen molar-refractivity contribution >= 4 is 39.2 Å². The zero-order chi connectivity index (χ0) is 34.3. The number of nitrogens with two attached hydrogens (primary N) is 1. The first-order chi connectivity index (χ1) is 22.2. The van der Waals surface area contributed by atoms with Gasteiger partial charge in [-0.05, 0) is 74.3 Å². The van der Waals surface area contributed by atoms with Crippen molar-refractivity contribution in [1.82, 2.24) is 10.2 Å². The van der Waals surface area contributed by atoms with E-state index in [1.807, 2.05) is 19.1 Å². The summed E-state index contributed by atoms with van der Waals surface area (Å²) in [5.41, 5.74) is 5.24. The number of primary amides is 1. The standard InChI is InChI=1S/C32H37F2N5O7S/c1-3-4-27(31(41)37-28-16-23(30(35)40)25(33)17-26(28)34)36-20-11-13-39(14-12-20)18-19-5-8-22(9-6-19)46-29-10-7-21(38-47(2,44)45)15-24(29)32(42)43/h5-10,15-17,20,27,36,38H,3-4,11-14,18H2,1-2H3,(H2,35,40)(H,37,41)(H,42,43). The molecule has 1 aliphatic rings. The van der Waals surface area contributed by atoms with Gasteiger partial charge in [0.2, 0.25) is 15.9 Å². The molecule has 4 rings (SSSR count). The third-order valence-electron chi connectivity index (χ3n) is 7.57. The number of nitrogens with one attached hydrogen (secondary N) is 3. The highest BCUT2D eigenvalue weighted by Crippen LogP contribution is 2.29. The van der Waals surface area contributed by atoms with Crippen molar-refractivity contribution in [2.24, 2.45) is 5.73 Å². The van der Waals surface area contributed by atoms with Gasteiger partial charge in [0, 0.05) is 24.3 Å². The summed E-state index contributed by atoms with van der Waals surface area (Å²) < 4.78 is 59.2. The van der Waals surface area contributed by atoms with Gasteiger partial charge in [0.1, 0.15) is 28.7 Å². The first kappa shape index (κ1) is 35.3. The number of sulfonamides is 1. The number of hydrogen-bond donors (Lipinski definition) is 5. The van der Waals surface area contributed by atoms with Crippen LogP contribution < -0.4 is 25.8 Å². The molecule has 252 valence electrons. The Morgan fingerprint density at radius 1 is 1.02 bits per heavy atom. The van der Waals surface area contributed by atoms with Crippen LogP contribution in [0.3, 0.4) is 0 Å². The molecule has 1 atom stereocenters. The number of carbonyl (C=O) groups excluding carboxylic acids is 2. The van der Waals surface area contributed by atoms with Crippen LogP contribution in [0, 0.1) is 11.6 Å². The van der Waals surface area contributed by atoms with Crippen LogP contribution in [0.25, 0.3) is 0 Å². The maximum atomic E-state index is 14.3. The molecule has 0 saturated carbocycles. The van der Waals surface area contributed by atoms with Crippen molar-refractivity contribution < 1.29 is 41.4 Å². The number of amides is 2. The van der Waals surface area contributed by atoms with E-state index in [-0.39, 0.29) is 28.7 Å². The molecular formula is C32H37F2N5O7S. The lowest BCUT2D eigenvalue weighted by molar-refractivity contribution is -0.118. The summed E-state index contributed by atoms with van der Waals surface area (Å²) in [5.74, 6) is -4.47. The van der Waals surface area contributed by atoms with E-state index in [2.05, 4.69) is 20.3 Å². The van der Waals surface area contributed by atoms with E-state index in [0.29, 0.717) is 31.2 Å². The molecule has 0 radical (unpaired) electrons. The number of aromatic carboxylic acids is 1. The molecule has 0 spiro atoms. The van der Waals surface area contributed by atoms with Gasteiger partial charge in [-0.25, -0.2) is 22.0 Å². The monoisotopic (exact) mass is 673 g/mol. The zero-order valence-corrected chi connectivity index (χ0v) is 26.7. The van der Waals surface area contributed by atoms with E-state index in [1.165, 1.54) is 18.2 Å². The number of hydrogen-bond acceptors (Lipinski definition) is 8. The minimum Gasteiger partial charge on any atom is -0.478 e. The molecule has 3 aromatic rings. The molecule has 1 unspecified atom stereocenters. The van der Waals surface area contributed by atoms with Crippen LogP contribution in [0.5, 0.6) is 11.5 Å². The number of piperidine rings is 1. The molecule has 47 heavy (non-hydrogen) atoms. The number of halogens is 2. The molecule has 3 aromatic carbocycles. The molecule has 0 aliphatic carbocycles. The largest absolute Gasteiger partial charge is 0.478 e. The molecule has 1 saturated heterocycles. The van der Waals surface area contributed by atoms with E-state index in [4.69, 9.17) is 10.5 Å². The minimum atomic E-state index is -3.58. The van der Waals surface area contributed by atoms with Crippen LogP contribution >= 0.6 is 0 Å². The maximum Gasteiger partial charge on any atom is 0.339 e. The minimum absolute atomic E-state index is 0.0334. The van der Waals surface area contributed by atoms with Crippen molar-refractivity contribution in [2.45, 2.75) is 51.2 Å². The van der Waals surface area contributed by atoms with Crippen molar-refractivity contribution in [3.63, 3.8) is 0 Å². The lowest BCUT2D eigenvalue weighted by atomic mass is 10.0. The number of nitrogens with zero attached hydrogens (tertiary/aromatic N) is 1. The van der Waals surface area contributed by atoms with Gasteiger partial charge in [0.25, 0.3) is 5.91 Å². The second-order valence-corrected chi connectivity index (χ2v) is 13.1. The molecule has 6 N–H and O–H groups in total. The van der Waals surface area contributed by atoms with E-state index in [0.717, 1.165) is 43.8 Å².